The summed E-state index contributed by atoms with van der Waals surface area (Å²) in [5, 5.41) is 22.9. The molecule has 0 aliphatic rings. The maximum absolute atomic E-state index is 11.1. The lowest BCUT2D eigenvalue weighted by Gasteiger charge is -2.26. The van der Waals surface area contributed by atoms with Crippen molar-refractivity contribution in [2.45, 2.75) is 51.9 Å². The predicted octanol–water partition coefficient (Wildman–Crippen LogP) is 5.08. The van der Waals surface area contributed by atoms with Gasteiger partial charge >= 0.3 is 0 Å². The number of anilines is 1. The van der Waals surface area contributed by atoms with Gasteiger partial charge in [0.05, 0.1) is 23.3 Å². The van der Waals surface area contributed by atoms with Gasteiger partial charge in [0.25, 0.3) is 10.1 Å². The number of rotatable bonds is 13. The molecule has 0 aliphatic heterocycles. The molecule has 4 aromatic rings. The highest BCUT2D eigenvalue weighted by Crippen LogP contribution is 2.25. The van der Waals surface area contributed by atoms with Crippen LogP contribution in [0.15, 0.2) is 72.9 Å². The highest BCUT2D eigenvalue weighted by Gasteiger charge is 2.14. The number of nitrogens with zero attached hydrogens (tertiary/aromatic N) is 2. The van der Waals surface area contributed by atoms with E-state index in [4.69, 9.17) is 4.55 Å². The summed E-state index contributed by atoms with van der Waals surface area (Å²) in [7, 11) is -3.97. The van der Waals surface area contributed by atoms with Crippen molar-refractivity contribution in [2.24, 2.45) is 0 Å². The van der Waals surface area contributed by atoms with Crippen LogP contribution in [0.25, 0.3) is 33.8 Å². The van der Waals surface area contributed by atoms with Crippen molar-refractivity contribution in [1.82, 2.24) is 0 Å². The third-order valence-electron chi connectivity index (χ3n) is 7.06. The average molecular weight is 564 g/mol. The van der Waals surface area contributed by atoms with Crippen molar-refractivity contribution in [3.63, 3.8) is 0 Å². The van der Waals surface area contributed by atoms with Crippen LogP contribution in [-0.4, -0.2) is 54.2 Å². The second-order valence-corrected chi connectivity index (χ2v) is 12.1. The molecule has 40 heavy (non-hydrogen) atoms. The summed E-state index contributed by atoms with van der Waals surface area (Å²) in [5.74, 6) is -0.263. The highest BCUT2D eigenvalue weighted by atomic mass is 32.2. The number of pyridine rings is 1. The largest absolute Gasteiger partial charge is 0.393 e. The third-order valence-corrected chi connectivity index (χ3v) is 7.87. The molecule has 0 amide bonds. The van der Waals surface area contributed by atoms with Crippen LogP contribution >= 0.6 is 0 Å². The van der Waals surface area contributed by atoms with Gasteiger partial charge in [0.1, 0.15) is 6.54 Å². The molecule has 0 bridgehead atoms. The monoisotopic (exact) mass is 563 g/mol. The average Bonchev–Trinajstić information content (AvgIpc) is 2.91. The minimum atomic E-state index is -3.97. The van der Waals surface area contributed by atoms with E-state index >= 15 is 0 Å². The van der Waals surface area contributed by atoms with E-state index in [1.165, 1.54) is 0 Å². The molecule has 0 radical (unpaired) electrons. The number of hydrogen-bond donors (Lipinski definition) is 3. The molecule has 1 aromatic heterocycles. The minimum Gasteiger partial charge on any atom is -0.393 e. The summed E-state index contributed by atoms with van der Waals surface area (Å²) >= 11 is 0. The Bertz CT molecular complexity index is 1570. The SMILES string of the molecule is CC(O)CCN(CCC(C)O)c1ccc2cc(/C=C/c3cc[n+](CCCS(=O)(=O)O)c4ccccc34)ccc2c1. The summed E-state index contributed by atoms with van der Waals surface area (Å²) < 4.78 is 33.3. The van der Waals surface area contributed by atoms with E-state index in [1.807, 2.05) is 35.0 Å². The molecule has 7 nitrogen and oxygen atoms in total. The second kappa shape index (κ2) is 13.4. The van der Waals surface area contributed by atoms with Gasteiger partial charge in [-0.05, 0) is 72.9 Å². The van der Waals surface area contributed by atoms with E-state index in [2.05, 4.69) is 59.5 Å². The minimum absolute atomic E-state index is 0.263. The first-order chi connectivity index (χ1) is 19.1. The fraction of sp³-hybridized carbons (Fsp3) is 0.344. The summed E-state index contributed by atoms with van der Waals surface area (Å²) in [6.07, 6.45) is 7.06. The molecule has 4 rings (SSSR count). The van der Waals surface area contributed by atoms with Crippen molar-refractivity contribution in [3.05, 3.63) is 84.1 Å². The van der Waals surface area contributed by atoms with Crippen molar-refractivity contribution in [3.8, 4) is 0 Å². The molecule has 0 saturated carbocycles. The topological polar surface area (TPSA) is 102 Å². The number of para-hydroxylation sites is 1. The number of aryl methyl sites for hydroxylation is 1. The molecule has 3 N–H and O–H groups in total. The smallest absolute Gasteiger partial charge is 0.265 e. The first-order valence-corrected chi connectivity index (χ1v) is 15.4. The lowest BCUT2D eigenvalue weighted by Crippen LogP contribution is -2.35. The first-order valence-electron chi connectivity index (χ1n) is 13.8. The predicted molar refractivity (Wildman–Crippen MR) is 163 cm³/mol. The van der Waals surface area contributed by atoms with Crippen LogP contribution in [-0.2, 0) is 16.7 Å². The van der Waals surface area contributed by atoms with Crippen LogP contribution in [0.3, 0.4) is 0 Å². The zero-order valence-corrected chi connectivity index (χ0v) is 24.0. The van der Waals surface area contributed by atoms with Crippen LogP contribution in [0, 0.1) is 0 Å². The van der Waals surface area contributed by atoms with Gasteiger partial charge in [-0.25, -0.2) is 0 Å². The summed E-state index contributed by atoms with van der Waals surface area (Å²) in [4.78, 5) is 2.22. The zero-order chi connectivity index (χ0) is 28.7. The Morgan fingerprint density at radius 2 is 1.55 bits per heavy atom. The fourth-order valence-electron chi connectivity index (χ4n) is 4.86. The van der Waals surface area contributed by atoms with Gasteiger partial charge < -0.3 is 15.1 Å². The fourth-order valence-corrected chi connectivity index (χ4v) is 5.35. The van der Waals surface area contributed by atoms with E-state index in [0.717, 1.165) is 51.6 Å². The van der Waals surface area contributed by atoms with E-state index in [9.17, 15) is 18.6 Å². The van der Waals surface area contributed by atoms with Crippen LogP contribution in [0.4, 0.5) is 5.69 Å². The molecule has 1 heterocycles. The summed E-state index contributed by atoms with van der Waals surface area (Å²) in [5.41, 5.74) is 4.22. The van der Waals surface area contributed by atoms with Gasteiger partial charge in [-0.3, -0.25) is 4.55 Å². The van der Waals surface area contributed by atoms with Crippen molar-refractivity contribution < 1.29 is 27.8 Å². The van der Waals surface area contributed by atoms with E-state index < -0.39 is 10.1 Å². The van der Waals surface area contributed by atoms with Crippen LogP contribution < -0.4 is 9.47 Å². The maximum atomic E-state index is 11.1. The highest BCUT2D eigenvalue weighted by molar-refractivity contribution is 7.85. The Labute approximate surface area is 236 Å². The van der Waals surface area contributed by atoms with Gasteiger partial charge in [0, 0.05) is 37.3 Å². The van der Waals surface area contributed by atoms with Crippen molar-refractivity contribution in [2.75, 3.05) is 23.7 Å². The molecule has 212 valence electrons. The second-order valence-electron chi connectivity index (χ2n) is 10.5. The van der Waals surface area contributed by atoms with E-state index in [1.54, 1.807) is 13.8 Å². The third kappa shape index (κ3) is 8.35. The van der Waals surface area contributed by atoms with E-state index in [-0.39, 0.29) is 18.0 Å². The number of benzene rings is 3. The number of aromatic nitrogens is 1. The number of aliphatic hydroxyl groups is 2. The standard InChI is InChI=1S/C32H38N2O5S/c1-24(35)14-18-33(19-15-25(2)36)30-13-12-28-22-26(9-11-29(28)23-30)8-10-27-16-20-34(17-5-21-40(37,38)39)32-7-4-3-6-31(27)32/h3-4,6-13,16,20,22-25,35-36H,5,14-15,17-19,21H2,1-2H3/p+1. The van der Waals surface area contributed by atoms with Crippen molar-refractivity contribution in [1.29, 1.82) is 0 Å². The lowest BCUT2D eigenvalue weighted by atomic mass is 10.0. The molecular formula is C32H39N2O5S+. The Balaban J connectivity index is 1.54. The molecule has 3 aromatic carbocycles. The molecule has 2 atom stereocenters. The van der Waals surface area contributed by atoms with E-state index in [0.29, 0.717) is 25.8 Å². The number of hydrogen-bond acceptors (Lipinski definition) is 5. The van der Waals surface area contributed by atoms with Crippen LogP contribution in [0.2, 0.25) is 0 Å². The number of fused-ring (bicyclic) bond motifs is 2. The molecule has 8 heteroatoms. The van der Waals surface area contributed by atoms with Crippen molar-refractivity contribution >= 4 is 49.6 Å². The molecule has 0 fully saturated rings. The summed E-state index contributed by atoms with van der Waals surface area (Å²) in [6.45, 7) is 5.54. The van der Waals surface area contributed by atoms with Gasteiger partial charge in [-0.15, -0.1) is 0 Å². The molecule has 0 spiro atoms. The molecule has 0 aliphatic carbocycles. The summed E-state index contributed by atoms with van der Waals surface area (Å²) in [6, 6.07) is 22.8. The van der Waals surface area contributed by atoms with Crippen LogP contribution in [0.5, 0.6) is 0 Å². The Hall–Kier alpha value is -3.30. The van der Waals surface area contributed by atoms with Gasteiger partial charge in [0.2, 0.25) is 5.52 Å². The lowest BCUT2D eigenvalue weighted by molar-refractivity contribution is -0.671. The zero-order valence-electron chi connectivity index (χ0n) is 23.1. The van der Waals surface area contributed by atoms with Crippen LogP contribution in [0.1, 0.15) is 44.2 Å². The molecule has 0 saturated heterocycles. The van der Waals surface area contributed by atoms with Gasteiger partial charge in [-0.2, -0.15) is 13.0 Å². The van der Waals surface area contributed by atoms with Gasteiger partial charge in [-0.1, -0.05) is 42.5 Å². The van der Waals surface area contributed by atoms with Gasteiger partial charge in [0.15, 0.2) is 6.20 Å². The maximum Gasteiger partial charge on any atom is 0.265 e. The normalized spacial score (nSPS) is 13.7. The molecular weight excluding hydrogens is 524 g/mol. The first kappa shape index (κ1) is 29.7. The molecule has 2 unspecified atom stereocenters. The Morgan fingerprint density at radius 3 is 2.25 bits per heavy atom. The Kier molecular flexibility index (Phi) is 9.92. The number of aliphatic hydroxyl groups excluding tert-OH is 2. The Morgan fingerprint density at radius 1 is 0.875 bits per heavy atom. The quantitative estimate of drug-likeness (QED) is 0.155.